The molecule has 146 valence electrons. The fourth-order valence-electron chi connectivity index (χ4n) is 4.19. The quantitative estimate of drug-likeness (QED) is 0.828. The number of benzene rings is 1. The summed E-state index contributed by atoms with van der Waals surface area (Å²) in [4.78, 5) is 27.5. The Hall–Kier alpha value is -1.79. The molecule has 7 heteroatoms. The number of rotatable bonds is 4. The summed E-state index contributed by atoms with van der Waals surface area (Å²) < 4.78 is 5.53. The van der Waals surface area contributed by atoms with Crippen LogP contribution in [0.4, 0.5) is 10.5 Å². The van der Waals surface area contributed by atoms with E-state index in [1.54, 1.807) is 29.2 Å². The molecule has 2 N–H and O–H groups in total. The molecule has 3 aliphatic rings. The number of nitrogens with zero attached hydrogens (tertiary/aromatic N) is 1. The van der Waals surface area contributed by atoms with Gasteiger partial charge in [-0.15, -0.1) is 0 Å². The molecule has 3 fully saturated rings. The third kappa shape index (κ3) is 4.22. The summed E-state index contributed by atoms with van der Waals surface area (Å²) in [6.07, 6.45) is 4.05. The summed E-state index contributed by atoms with van der Waals surface area (Å²) in [7, 11) is 0. The van der Waals surface area contributed by atoms with E-state index in [1.807, 2.05) is 0 Å². The molecule has 0 radical (unpaired) electrons. The normalized spacial score (nSPS) is 24.0. The van der Waals surface area contributed by atoms with E-state index in [9.17, 15) is 9.59 Å². The Morgan fingerprint density at radius 1 is 1.19 bits per heavy atom. The lowest BCUT2D eigenvalue weighted by Gasteiger charge is -2.37. The van der Waals surface area contributed by atoms with E-state index < -0.39 is 0 Å². The topological polar surface area (TPSA) is 70.7 Å². The summed E-state index contributed by atoms with van der Waals surface area (Å²) in [6, 6.07) is 6.88. The molecular weight excluding hydrogens is 366 g/mol. The molecule has 2 aliphatic heterocycles. The SMILES string of the molecule is O=C(NCC1CC1)[C@@H]1CN(C(=O)Nc2ccc(Cl)cc2)CC12CCOCC2. The van der Waals surface area contributed by atoms with Gasteiger partial charge >= 0.3 is 6.03 Å². The van der Waals surface area contributed by atoms with Crippen LogP contribution in [0.3, 0.4) is 0 Å². The van der Waals surface area contributed by atoms with Crippen LogP contribution in [0.5, 0.6) is 0 Å². The fourth-order valence-corrected chi connectivity index (χ4v) is 4.32. The number of hydrogen-bond donors (Lipinski definition) is 2. The second-order valence-electron chi connectivity index (χ2n) is 8.03. The molecule has 1 aromatic rings. The second-order valence-corrected chi connectivity index (χ2v) is 8.47. The van der Waals surface area contributed by atoms with Crippen LogP contribution in [0.15, 0.2) is 24.3 Å². The maximum atomic E-state index is 12.9. The molecule has 2 heterocycles. The predicted molar refractivity (Wildman–Crippen MR) is 104 cm³/mol. The Balaban J connectivity index is 1.44. The van der Waals surface area contributed by atoms with Crippen LogP contribution in [-0.2, 0) is 9.53 Å². The first-order chi connectivity index (χ1) is 13.1. The second kappa shape index (κ2) is 7.68. The highest BCUT2D eigenvalue weighted by Gasteiger charge is 2.51. The number of urea groups is 1. The number of carbonyl (C=O) groups is 2. The summed E-state index contributed by atoms with van der Waals surface area (Å²) in [5, 5.41) is 6.67. The summed E-state index contributed by atoms with van der Waals surface area (Å²) in [6.45, 7) is 3.12. The van der Waals surface area contributed by atoms with Crippen LogP contribution in [0.25, 0.3) is 0 Å². The first-order valence-electron chi connectivity index (χ1n) is 9.73. The lowest BCUT2D eigenvalue weighted by Crippen LogP contribution is -2.44. The number of anilines is 1. The van der Waals surface area contributed by atoms with Crippen molar-refractivity contribution in [3.05, 3.63) is 29.3 Å². The molecule has 1 saturated carbocycles. The summed E-state index contributed by atoms with van der Waals surface area (Å²) in [5.41, 5.74) is 0.524. The Bertz CT molecular complexity index is 699. The maximum Gasteiger partial charge on any atom is 0.321 e. The molecule has 1 aliphatic carbocycles. The Labute approximate surface area is 164 Å². The fraction of sp³-hybridized carbons (Fsp3) is 0.600. The molecule has 0 bridgehead atoms. The van der Waals surface area contributed by atoms with Crippen molar-refractivity contribution in [1.82, 2.24) is 10.2 Å². The van der Waals surface area contributed by atoms with E-state index in [-0.39, 0.29) is 23.3 Å². The zero-order chi connectivity index (χ0) is 18.9. The van der Waals surface area contributed by atoms with Gasteiger partial charge in [-0.3, -0.25) is 4.79 Å². The van der Waals surface area contributed by atoms with Crippen LogP contribution in [-0.4, -0.2) is 49.7 Å². The zero-order valence-corrected chi connectivity index (χ0v) is 16.1. The van der Waals surface area contributed by atoms with Gasteiger partial charge in [-0.05, 0) is 55.9 Å². The molecule has 3 amide bonds. The van der Waals surface area contributed by atoms with Gasteiger partial charge < -0.3 is 20.3 Å². The van der Waals surface area contributed by atoms with Gasteiger partial charge in [-0.25, -0.2) is 4.79 Å². The van der Waals surface area contributed by atoms with Crippen LogP contribution in [0.1, 0.15) is 25.7 Å². The van der Waals surface area contributed by atoms with Crippen molar-refractivity contribution >= 4 is 29.2 Å². The predicted octanol–water partition coefficient (Wildman–Crippen LogP) is 3.13. The molecule has 27 heavy (non-hydrogen) atoms. The minimum atomic E-state index is -0.177. The van der Waals surface area contributed by atoms with E-state index >= 15 is 0 Å². The van der Waals surface area contributed by atoms with Crippen molar-refractivity contribution in [1.29, 1.82) is 0 Å². The van der Waals surface area contributed by atoms with Crippen molar-refractivity contribution in [2.24, 2.45) is 17.3 Å². The Kier molecular flexibility index (Phi) is 5.28. The average molecular weight is 392 g/mol. The molecule has 0 unspecified atom stereocenters. The van der Waals surface area contributed by atoms with Crippen molar-refractivity contribution in [2.75, 3.05) is 38.2 Å². The molecule has 0 aromatic heterocycles. The van der Waals surface area contributed by atoms with E-state index in [0.29, 0.717) is 42.9 Å². The third-order valence-corrected chi connectivity index (χ3v) is 6.35. The van der Waals surface area contributed by atoms with Crippen LogP contribution < -0.4 is 10.6 Å². The van der Waals surface area contributed by atoms with Gasteiger partial charge in [0.25, 0.3) is 0 Å². The van der Waals surface area contributed by atoms with E-state index in [0.717, 1.165) is 19.4 Å². The highest BCUT2D eigenvalue weighted by atomic mass is 35.5. The third-order valence-electron chi connectivity index (χ3n) is 6.10. The lowest BCUT2D eigenvalue weighted by molar-refractivity contribution is -0.129. The first-order valence-corrected chi connectivity index (χ1v) is 10.1. The van der Waals surface area contributed by atoms with Crippen molar-refractivity contribution in [3.8, 4) is 0 Å². The molecule has 1 spiro atoms. The summed E-state index contributed by atoms with van der Waals surface area (Å²) >= 11 is 5.90. The smallest absolute Gasteiger partial charge is 0.321 e. The van der Waals surface area contributed by atoms with Crippen LogP contribution >= 0.6 is 11.6 Å². The minimum absolute atomic E-state index is 0.0885. The number of hydrogen-bond acceptors (Lipinski definition) is 3. The molecule has 6 nitrogen and oxygen atoms in total. The standard InChI is InChI=1S/C20H26ClN3O3/c21-15-3-5-16(6-4-15)23-19(26)24-12-17(18(25)22-11-14-1-2-14)20(13-24)7-9-27-10-8-20/h3-6,14,17H,1-2,7-13H2,(H,22,25)(H,23,26)/t17-/m0/s1. The monoisotopic (exact) mass is 391 g/mol. The zero-order valence-electron chi connectivity index (χ0n) is 15.4. The average Bonchev–Trinajstić information content (AvgIpc) is 3.43. The highest BCUT2D eigenvalue weighted by Crippen LogP contribution is 2.44. The summed E-state index contributed by atoms with van der Waals surface area (Å²) in [5.74, 6) is 0.562. The number of ether oxygens (including phenoxy) is 1. The van der Waals surface area contributed by atoms with Crippen molar-refractivity contribution < 1.29 is 14.3 Å². The van der Waals surface area contributed by atoms with Gasteiger partial charge in [0.15, 0.2) is 0 Å². The highest BCUT2D eigenvalue weighted by molar-refractivity contribution is 6.30. The number of halogens is 1. The van der Waals surface area contributed by atoms with Gasteiger partial charge in [0, 0.05) is 49.0 Å². The molecule has 4 rings (SSSR count). The van der Waals surface area contributed by atoms with E-state index in [4.69, 9.17) is 16.3 Å². The molecule has 1 atom stereocenters. The Morgan fingerprint density at radius 2 is 1.89 bits per heavy atom. The molecule has 1 aromatic carbocycles. The number of amides is 3. The van der Waals surface area contributed by atoms with Gasteiger partial charge in [0.2, 0.25) is 5.91 Å². The number of carbonyl (C=O) groups excluding carboxylic acids is 2. The van der Waals surface area contributed by atoms with Crippen LogP contribution in [0.2, 0.25) is 5.02 Å². The maximum absolute atomic E-state index is 12.9. The lowest BCUT2D eigenvalue weighted by atomic mass is 9.72. The van der Waals surface area contributed by atoms with Crippen molar-refractivity contribution in [3.63, 3.8) is 0 Å². The largest absolute Gasteiger partial charge is 0.381 e. The molecule has 2 saturated heterocycles. The minimum Gasteiger partial charge on any atom is -0.381 e. The van der Waals surface area contributed by atoms with Gasteiger partial charge in [0.1, 0.15) is 0 Å². The Morgan fingerprint density at radius 3 is 2.56 bits per heavy atom. The number of nitrogens with one attached hydrogen (secondary N) is 2. The van der Waals surface area contributed by atoms with Gasteiger partial charge in [-0.2, -0.15) is 0 Å². The van der Waals surface area contributed by atoms with Crippen LogP contribution in [0, 0.1) is 17.3 Å². The number of likely N-dealkylation sites (tertiary alicyclic amines) is 1. The first kappa shape index (κ1) is 18.6. The van der Waals surface area contributed by atoms with Gasteiger partial charge in [0.05, 0.1) is 5.92 Å². The van der Waals surface area contributed by atoms with Crippen molar-refractivity contribution in [2.45, 2.75) is 25.7 Å². The van der Waals surface area contributed by atoms with E-state index in [2.05, 4.69) is 10.6 Å². The molecular formula is C20H26ClN3O3. The van der Waals surface area contributed by atoms with E-state index in [1.165, 1.54) is 12.8 Å². The van der Waals surface area contributed by atoms with Gasteiger partial charge in [-0.1, -0.05) is 11.6 Å².